The molecule has 0 radical (unpaired) electrons. The van der Waals surface area contributed by atoms with Gasteiger partial charge in [-0.2, -0.15) is 5.06 Å². The Kier molecular flexibility index (Phi) is 6.18. The average molecular weight is 340 g/mol. The largest absolute Gasteiger partial charge is 0.480 e. The number of carbonyl (C=O) groups is 2. The van der Waals surface area contributed by atoms with Crippen LogP contribution in [0.2, 0.25) is 6.82 Å². The summed E-state index contributed by atoms with van der Waals surface area (Å²) in [5.41, 5.74) is 0.436. The highest BCUT2D eigenvalue weighted by molar-refractivity contribution is 6.45. The lowest BCUT2D eigenvalue weighted by Crippen LogP contribution is -2.48. The summed E-state index contributed by atoms with van der Waals surface area (Å²) in [5, 5.41) is 26.3. The second kappa shape index (κ2) is 8.13. The van der Waals surface area contributed by atoms with E-state index in [9.17, 15) is 14.7 Å². The van der Waals surface area contributed by atoms with Crippen molar-refractivity contribution in [3.05, 3.63) is 12.7 Å². The fourth-order valence-corrected chi connectivity index (χ4v) is 2.58. The molecule has 2 saturated heterocycles. The number of nitrogens with zero attached hydrogens (tertiary/aromatic N) is 3. The summed E-state index contributed by atoms with van der Waals surface area (Å²) in [7, 11) is -0.656. The molecule has 10 nitrogen and oxygen atoms in total. The van der Waals surface area contributed by atoms with Crippen LogP contribution in [0, 0.1) is 0 Å². The first kappa shape index (κ1) is 18.2. The smallest absolute Gasteiger partial charge is 0.373 e. The summed E-state index contributed by atoms with van der Waals surface area (Å²) in [6.45, 7) is 5.99. The number of urea groups is 1. The van der Waals surface area contributed by atoms with Crippen molar-refractivity contribution in [2.24, 2.45) is 5.16 Å². The molecule has 11 heteroatoms. The highest BCUT2D eigenvalue weighted by Gasteiger charge is 2.51. The lowest BCUT2D eigenvalue weighted by Gasteiger charge is -2.28. The van der Waals surface area contributed by atoms with E-state index in [4.69, 9.17) is 14.7 Å². The minimum Gasteiger partial charge on any atom is -0.480 e. The molecular formula is C13H21BN4O6. The van der Waals surface area contributed by atoms with Crippen molar-refractivity contribution in [3.63, 3.8) is 0 Å². The predicted molar refractivity (Wildman–Crippen MR) is 85.1 cm³/mol. The number of carboxylic acid groups (broad SMARTS) is 1. The molecule has 132 valence electrons. The van der Waals surface area contributed by atoms with Gasteiger partial charge in [0.15, 0.2) is 0 Å². The Balaban J connectivity index is 2.06. The van der Waals surface area contributed by atoms with Gasteiger partial charge in [0.05, 0.1) is 18.9 Å². The summed E-state index contributed by atoms with van der Waals surface area (Å²) in [5.74, 6) is -1.10. The van der Waals surface area contributed by atoms with Crippen molar-refractivity contribution >= 4 is 24.8 Å². The maximum absolute atomic E-state index is 12.3. The van der Waals surface area contributed by atoms with Crippen molar-refractivity contribution in [2.75, 3.05) is 26.3 Å². The van der Waals surface area contributed by atoms with Crippen molar-refractivity contribution in [1.29, 1.82) is 0 Å². The number of aliphatic carboxylic acids is 1. The summed E-state index contributed by atoms with van der Waals surface area (Å²) in [6.07, 6.45) is 1.57. The van der Waals surface area contributed by atoms with Crippen LogP contribution in [0.15, 0.2) is 17.8 Å². The lowest BCUT2D eigenvalue weighted by molar-refractivity contribution is -0.142. The highest BCUT2D eigenvalue weighted by atomic mass is 16.7. The first-order valence-corrected chi connectivity index (χ1v) is 7.62. The van der Waals surface area contributed by atoms with E-state index in [2.05, 4.69) is 17.0 Å². The molecule has 2 rings (SSSR count). The molecule has 0 saturated carbocycles. The Morgan fingerprint density at radius 1 is 1.62 bits per heavy atom. The predicted octanol–water partition coefficient (Wildman–Crippen LogP) is -0.860. The van der Waals surface area contributed by atoms with Crippen LogP contribution in [0.5, 0.6) is 0 Å². The molecule has 0 aliphatic carbocycles. The minimum atomic E-state index is -1.10. The molecule has 2 heterocycles. The molecule has 3 N–H and O–H groups in total. The SMILES string of the molecule is C=CCON1C(=O)N2C[C@H]1C(=NOCCNB(C)O)C[C@H]2C(=O)O. The maximum atomic E-state index is 12.3. The van der Waals surface area contributed by atoms with Gasteiger partial charge in [0.1, 0.15) is 18.7 Å². The zero-order chi connectivity index (χ0) is 17.7. The number of carbonyl (C=O) groups excluding carboxylic acids is 1. The Labute approximate surface area is 139 Å². The third-order valence-electron chi connectivity index (χ3n) is 3.68. The number of oxime groups is 1. The first-order chi connectivity index (χ1) is 11.5. The zero-order valence-corrected chi connectivity index (χ0v) is 13.4. The van der Waals surface area contributed by atoms with E-state index in [-0.39, 0.29) is 26.2 Å². The summed E-state index contributed by atoms with van der Waals surface area (Å²) >= 11 is 0. The van der Waals surface area contributed by atoms with E-state index in [1.54, 1.807) is 6.82 Å². The van der Waals surface area contributed by atoms with Crippen LogP contribution in [-0.4, -0.2) is 83.2 Å². The second-order valence-electron chi connectivity index (χ2n) is 5.47. The summed E-state index contributed by atoms with van der Waals surface area (Å²) in [6, 6.07) is -1.99. The fourth-order valence-electron chi connectivity index (χ4n) is 2.58. The topological polar surface area (TPSA) is 124 Å². The standard InChI is InChI=1S/C13H21BN4O6/c1-3-5-24-18-11-8-17(13(18)21)10(12(19)20)7-9(11)16-23-6-4-15-14(2)22/h3,10-11,15,22H,1,4-8H2,2H3,(H,19,20)/t10-,11-/m0/s1. The number of amides is 2. The Hall–Kier alpha value is -2.11. The highest BCUT2D eigenvalue weighted by Crippen LogP contribution is 2.29. The number of hydrogen-bond acceptors (Lipinski definition) is 7. The molecule has 24 heavy (non-hydrogen) atoms. The van der Waals surface area contributed by atoms with Crippen molar-refractivity contribution in [2.45, 2.75) is 25.3 Å². The van der Waals surface area contributed by atoms with Gasteiger partial charge in [-0.1, -0.05) is 11.2 Å². The van der Waals surface area contributed by atoms with Crippen LogP contribution in [0.3, 0.4) is 0 Å². The van der Waals surface area contributed by atoms with Gasteiger partial charge in [-0.15, -0.1) is 6.58 Å². The Morgan fingerprint density at radius 2 is 2.38 bits per heavy atom. The van der Waals surface area contributed by atoms with Gasteiger partial charge in [-0.05, 0) is 6.82 Å². The van der Waals surface area contributed by atoms with Crippen LogP contribution in [0.4, 0.5) is 4.79 Å². The van der Waals surface area contributed by atoms with E-state index >= 15 is 0 Å². The van der Waals surface area contributed by atoms with Crippen LogP contribution >= 0.6 is 0 Å². The maximum Gasteiger partial charge on any atom is 0.373 e. The first-order valence-electron chi connectivity index (χ1n) is 7.62. The Bertz CT molecular complexity index is 529. The molecule has 0 aromatic rings. The van der Waals surface area contributed by atoms with Crippen molar-refractivity contribution < 1.29 is 29.4 Å². The number of carboxylic acids is 1. The van der Waals surface area contributed by atoms with Gasteiger partial charge in [-0.25, -0.2) is 9.59 Å². The second-order valence-corrected chi connectivity index (χ2v) is 5.47. The number of fused-ring (bicyclic) bond motifs is 2. The molecule has 2 atom stereocenters. The van der Waals surface area contributed by atoms with Crippen molar-refractivity contribution in [3.8, 4) is 0 Å². The quantitative estimate of drug-likeness (QED) is 0.216. The van der Waals surface area contributed by atoms with Gasteiger partial charge < -0.3 is 25.1 Å². The van der Waals surface area contributed by atoms with Crippen LogP contribution in [0.1, 0.15) is 6.42 Å². The summed E-state index contributed by atoms with van der Waals surface area (Å²) in [4.78, 5) is 35.5. The van der Waals surface area contributed by atoms with E-state index in [1.807, 2.05) is 0 Å². The van der Waals surface area contributed by atoms with Crippen molar-refractivity contribution in [1.82, 2.24) is 15.2 Å². The monoisotopic (exact) mass is 340 g/mol. The number of hydrogen-bond donors (Lipinski definition) is 3. The number of piperidine rings is 1. The molecule has 2 aliphatic rings. The molecule has 2 bridgehead atoms. The Morgan fingerprint density at radius 3 is 3.00 bits per heavy atom. The van der Waals surface area contributed by atoms with Crippen LogP contribution < -0.4 is 5.23 Å². The molecule has 2 aliphatic heterocycles. The van der Waals surface area contributed by atoms with Gasteiger partial charge in [0, 0.05) is 13.0 Å². The number of nitrogens with one attached hydrogen (secondary N) is 1. The zero-order valence-electron chi connectivity index (χ0n) is 13.4. The van der Waals surface area contributed by atoms with E-state index < -0.39 is 31.1 Å². The van der Waals surface area contributed by atoms with E-state index in [0.29, 0.717) is 12.3 Å². The molecule has 0 aromatic carbocycles. The van der Waals surface area contributed by atoms with Gasteiger partial charge >= 0.3 is 19.1 Å². The minimum absolute atomic E-state index is 0.0729. The van der Waals surface area contributed by atoms with Gasteiger partial charge in [-0.3, -0.25) is 4.84 Å². The lowest BCUT2D eigenvalue weighted by atomic mass is 9.89. The molecule has 0 spiro atoms. The number of rotatable bonds is 9. The third-order valence-corrected chi connectivity index (χ3v) is 3.68. The summed E-state index contributed by atoms with van der Waals surface area (Å²) < 4.78 is 0. The van der Waals surface area contributed by atoms with Crippen LogP contribution in [0.25, 0.3) is 0 Å². The average Bonchev–Trinajstić information content (AvgIpc) is 2.79. The molecule has 2 fully saturated rings. The normalized spacial score (nSPS) is 24.4. The van der Waals surface area contributed by atoms with Gasteiger partial charge in [0.25, 0.3) is 0 Å². The third kappa shape index (κ3) is 4.05. The molecule has 0 unspecified atom stereocenters. The van der Waals surface area contributed by atoms with E-state index in [1.165, 1.54) is 11.0 Å². The molecular weight excluding hydrogens is 319 g/mol. The van der Waals surface area contributed by atoms with Gasteiger partial charge in [0.2, 0.25) is 0 Å². The fraction of sp³-hybridized carbons (Fsp3) is 0.615. The number of hydroxylamine groups is 2. The molecule has 2 amide bonds. The molecule has 0 aromatic heterocycles. The van der Waals surface area contributed by atoms with E-state index in [0.717, 1.165) is 5.06 Å². The van der Waals surface area contributed by atoms with Crippen LogP contribution in [-0.2, 0) is 14.5 Å².